The Bertz CT molecular complexity index is 616. The normalized spacial score (nSPS) is 11.3. The van der Waals surface area contributed by atoms with Crippen LogP contribution in [0.3, 0.4) is 0 Å². The van der Waals surface area contributed by atoms with Gasteiger partial charge < -0.3 is 9.64 Å². The van der Waals surface area contributed by atoms with Crippen LogP contribution in [0, 0.1) is 0 Å². The van der Waals surface area contributed by atoms with Gasteiger partial charge in [-0.1, -0.05) is 12.1 Å². The van der Waals surface area contributed by atoms with E-state index in [0.29, 0.717) is 12.3 Å². The molecule has 0 amide bonds. The summed E-state index contributed by atoms with van der Waals surface area (Å²) < 4.78 is 43.0. The van der Waals surface area contributed by atoms with Crippen LogP contribution in [0.1, 0.15) is 11.3 Å². The second-order valence-corrected chi connectivity index (χ2v) is 4.47. The first-order chi connectivity index (χ1) is 9.90. The lowest BCUT2D eigenvalue weighted by Crippen LogP contribution is -2.19. The van der Waals surface area contributed by atoms with Gasteiger partial charge in [0.25, 0.3) is 0 Å². The van der Waals surface area contributed by atoms with Gasteiger partial charge in [0.1, 0.15) is 23.6 Å². The molecule has 2 aromatic rings. The van der Waals surface area contributed by atoms with Crippen molar-refractivity contribution in [1.82, 2.24) is 9.97 Å². The summed E-state index contributed by atoms with van der Waals surface area (Å²) in [5, 5.41) is 0. The highest BCUT2D eigenvalue weighted by molar-refractivity contribution is 5.40. The van der Waals surface area contributed by atoms with Gasteiger partial charge in [0.05, 0.1) is 7.11 Å². The van der Waals surface area contributed by atoms with E-state index >= 15 is 0 Å². The van der Waals surface area contributed by atoms with Crippen molar-refractivity contribution in [3.63, 3.8) is 0 Å². The van der Waals surface area contributed by atoms with Crippen LogP contribution < -0.4 is 9.64 Å². The Morgan fingerprint density at radius 1 is 1.19 bits per heavy atom. The lowest BCUT2D eigenvalue weighted by molar-refractivity contribution is -0.141. The van der Waals surface area contributed by atoms with Gasteiger partial charge >= 0.3 is 6.18 Å². The fourth-order valence-electron chi connectivity index (χ4n) is 1.84. The van der Waals surface area contributed by atoms with Crippen LogP contribution in [0.15, 0.2) is 36.7 Å². The fourth-order valence-corrected chi connectivity index (χ4v) is 1.84. The van der Waals surface area contributed by atoms with Gasteiger partial charge in [-0.3, -0.25) is 0 Å². The third-order valence-corrected chi connectivity index (χ3v) is 2.89. The van der Waals surface area contributed by atoms with E-state index in [2.05, 4.69) is 9.97 Å². The molecule has 2 rings (SSSR count). The Balaban J connectivity index is 2.18. The number of benzene rings is 1. The molecule has 0 spiro atoms. The molecule has 112 valence electrons. The second kappa shape index (κ2) is 5.99. The molecule has 0 fully saturated rings. The molecule has 0 saturated carbocycles. The topological polar surface area (TPSA) is 38.2 Å². The third-order valence-electron chi connectivity index (χ3n) is 2.89. The highest BCUT2D eigenvalue weighted by Crippen LogP contribution is 2.29. The van der Waals surface area contributed by atoms with E-state index in [1.807, 2.05) is 18.2 Å². The minimum Gasteiger partial charge on any atom is -0.497 e. The van der Waals surface area contributed by atoms with Crippen LogP contribution in [0.25, 0.3) is 0 Å². The quantitative estimate of drug-likeness (QED) is 0.869. The van der Waals surface area contributed by atoms with Crippen molar-refractivity contribution < 1.29 is 17.9 Å². The minimum atomic E-state index is -4.48. The van der Waals surface area contributed by atoms with Crippen LogP contribution in [0.5, 0.6) is 5.75 Å². The molecule has 1 heterocycles. The molecule has 0 bridgehead atoms. The molecule has 21 heavy (non-hydrogen) atoms. The van der Waals surface area contributed by atoms with E-state index in [9.17, 15) is 13.2 Å². The molecule has 0 saturated heterocycles. The zero-order valence-corrected chi connectivity index (χ0v) is 11.6. The highest BCUT2D eigenvalue weighted by atomic mass is 19.4. The van der Waals surface area contributed by atoms with Crippen molar-refractivity contribution in [2.75, 3.05) is 19.1 Å². The number of halogens is 3. The number of hydrogen-bond acceptors (Lipinski definition) is 4. The fraction of sp³-hybridized carbons (Fsp3) is 0.286. The maximum absolute atomic E-state index is 12.6. The average Bonchev–Trinajstić information content (AvgIpc) is 2.46. The first-order valence-electron chi connectivity index (χ1n) is 6.13. The number of hydrogen-bond donors (Lipinski definition) is 0. The Morgan fingerprint density at radius 2 is 1.95 bits per heavy atom. The Labute approximate surface area is 120 Å². The van der Waals surface area contributed by atoms with Crippen molar-refractivity contribution in [2.45, 2.75) is 12.7 Å². The summed E-state index contributed by atoms with van der Waals surface area (Å²) in [6, 6.07) is 8.24. The third kappa shape index (κ3) is 3.84. The molecule has 7 heteroatoms. The van der Waals surface area contributed by atoms with E-state index in [1.165, 1.54) is 0 Å². The zero-order valence-electron chi connectivity index (χ0n) is 11.6. The molecular formula is C14H14F3N3O. The van der Waals surface area contributed by atoms with Crippen LogP contribution in [0.4, 0.5) is 19.0 Å². The van der Waals surface area contributed by atoms with Gasteiger partial charge in [-0.15, -0.1) is 0 Å². The molecule has 1 aromatic heterocycles. The Hall–Kier alpha value is -2.31. The maximum Gasteiger partial charge on any atom is 0.433 e. The lowest BCUT2D eigenvalue weighted by Gasteiger charge is -2.19. The number of alkyl halides is 3. The maximum atomic E-state index is 12.6. The van der Waals surface area contributed by atoms with Crippen molar-refractivity contribution in [3.8, 4) is 5.75 Å². The number of aromatic nitrogens is 2. The molecular weight excluding hydrogens is 283 g/mol. The van der Waals surface area contributed by atoms with E-state index < -0.39 is 11.9 Å². The van der Waals surface area contributed by atoms with Gasteiger partial charge in [-0.05, 0) is 17.7 Å². The van der Waals surface area contributed by atoms with E-state index in [4.69, 9.17) is 4.74 Å². The number of nitrogens with zero attached hydrogens (tertiary/aromatic N) is 3. The molecule has 1 aromatic carbocycles. The largest absolute Gasteiger partial charge is 0.497 e. The molecule has 0 N–H and O–H groups in total. The van der Waals surface area contributed by atoms with Gasteiger partial charge in [-0.2, -0.15) is 13.2 Å². The summed E-state index contributed by atoms with van der Waals surface area (Å²) in [6.45, 7) is 0.408. The highest BCUT2D eigenvalue weighted by Gasteiger charge is 2.33. The summed E-state index contributed by atoms with van der Waals surface area (Å²) in [7, 11) is 3.23. The van der Waals surface area contributed by atoms with Crippen LogP contribution in [-0.4, -0.2) is 24.1 Å². The van der Waals surface area contributed by atoms with Gasteiger partial charge in [0, 0.05) is 19.7 Å². The van der Waals surface area contributed by atoms with Crippen LogP contribution in [-0.2, 0) is 12.7 Å². The molecule has 4 nitrogen and oxygen atoms in total. The SMILES string of the molecule is COc1cccc(CN(C)c2cc(C(F)(F)F)ncn2)c1. The number of anilines is 1. The van der Waals surface area contributed by atoms with Crippen molar-refractivity contribution in [2.24, 2.45) is 0 Å². The lowest BCUT2D eigenvalue weighted by atomic mass is 10.2. The smallest absolute Gasteiger partial charge is 0.433 e. The average molecular weight is 297 g/mol. The summed E-state index contributed by atoms with van der Waals surface area (Å²) in [6.07, 6.45) is -3.56. The standard InChI is InChI=1S/C14H14F3N3O/c1-20(8-10-4-3-5-11(6-10)21-2)13-7-12(14(15,16)17)18-9-19-13/h3-7,9H,8H2,1-2H3. The molecule has 0 radical (unpaired) electrons. The predicted molar refractivity (Wildman–Crippen MR) is 72.1 cm³/mol. The first-order valence-corrected chi connectivity index (χ1v) is 6.13. The predicted octanol–water partition coefficient (Wildman–Crippen LogP) is 3.14. The van der Waals surface area contributed by atoms with E-state index in [1.54, 1.807) is 25.1 Å². The van der Waals surface area contributed by atoms with Crippen molar-refractivity contribution >= 4 is 5.82 Å². The van der Waals surface area contributed by atoms with Crippen LogP contribution in [0.2, 0.25) is 0 Å². The van der Waals surface area contributed by atoms with Crippen LogP contribution >= 0.6 is 0 Å². The number of methoxy groups -OCH3 is 1. The number of ether oxygens (including phenoxy) is 1. The first kappa shape index (κ1) is 15.1. The van der Waals surface area contributed by atoms with Gasteiger partial charge in [0.15, 0.2) is 0 Å². The molecule has 0 aliphatic carbocycles. The van der Waals surface area contributed by atoms with Gasteiger partial charge in [-0.25, -0.2) is 9.97 Å². The number of rotatable bonds is 4. The minimum absolute atomic E-state index is 0.208. The second-order valence-electron chi connectivity index (χ2n) is 4.47. The monoisotopic (exact) mass is 297 g/mol. The molecule has 0 aliphatic heterocycles. The van der Waals surface area contributed by atoms with Gasteiger partial charge in [0.2, 0.25) is 0 Å². The Morgan fingerprint density at radius 3 is 2.62 bits per heavy atom. The van der Waals surface area contributed by atoms with E-state index in [0.717, 1.165) is 18.0 Å². The molecule has 0 unspecified atom stereocenters. The van der Waals surface area contributed by atoms with E-state index in [-0.39, 0.29) is 5.82 Å². The molecule has 0 aliphatic rings. The van der Waals surface area contributed by atoms with Crippen molar-refractivity contribution in [1.29, 1.82) is 0 Å². The summed E-state index contributed by atoms with van der Waals surface area (Å²) >= 11 is 0. The Kier molecular flexibility index (Phi) is 4.30. The molecule has 0 atom stereocenters. The summed E-state index contributed by atoms with van der Waals surface area (Å²) in [4.78, 5) is 8.74. The summed E-state index contributed by atoms with van der Waals surface area (Å²) in [5.41, 5.74) is -0.0472. The summed E-state index contributed by atoms with van der Waals surface area (Å²) in [5.74, 6) is 0.903. The zero-order chi connectivity index (χ0) is 15.5. The van der Waals surface area contributed by atoms with Crippen molar-refractivity contribution in [3.05, 3.63) is 47.9 Å².